The first-order valence-electron chi connectivity index (χ1n) is 13.7. The van der Waals surface area contributed by atoms with Gasteiger partial charge in [0.05, 0.1) is 0 Å². The van der Waals surface area contributed by atoms with Crippen molar-refractivity contribution in [2.45, 2.75) is 121 Å². The van der Waals surface area contributed by atoms with Crippen LogP contribution < -0.4 is 16.0 Å². The Morgan fingerprint density at radius 1 is 1.03 bits per heavy atom. The fraction of sp³-hybridized carbons (Fsp3) is 0.778. The van der Waals surface area contributed by atoms with Crippen molar-refractivity contribution in [2.24, 2.45) is 5.92 Å². The highest BCUT2D eigenvalue weighted by Crippen LogP contribution is 2.46. The molecule has 3 fully saturated rings. The van der Waals surface area contributed by atoms with E-state index in [-0.39, 0.29) is 29.7 Å². The van der Waals surface area contributed by atoms with Crippen molar-refractivity contribution < 1.29 is 23.9 Å². The molecule has 0 aromatic carbocycles. The van der Waals surface area contributed by atoms with E-state index in [2.05, 4.69) is 28.1 Å². The summed E-state index contributed by atoms with van der Waals surface area (Å²) in [5, 5.41) is 8.94. The second-order valence-electron chi connectivity index (χ2n) is 11.8. The number of allylic oxidation sites excluding steroid dienone is 1. The molecular weight excluding hydrogens is 460 g/mol. The topological polar surface area (TPSA) is 117 Å². The monoisotopic (exact) mass is 502 g/mol. The zero-order valence-corrected chi connectivity index (χ0v) is 21.9. The summed E-state index contributed by atoms with van der Waals surface area (Å²) in [6, 6.07) is -1.21. The summed E-state index contributed by atoms with van der Waals surface area (Å²) in [5.74, 6) is -0.683. The van der Waals surface area contributed by atoms with E-state index in [4.69, 9.17) is 4.74 Å². The Bertz CT molecular complexity index is 893. The molecule has 2 heterocycles. The first-order valence-corrected chi connectivity index (χ1v) is 13.7. The molecular formula is C27H42N4O5. The second-order valence-corrected chi connectivity index (χ2v) is 11.8. The van der Waals surface area contributed by atoms with Gasteiger partial charge in [-0.25, -0.2) is 4.79 Å². The van der Waals surface area contributed by atoms with Crippen LogP contribution in [0.2, 0.25) is 0 Å². The molecule has 0 aromatic rings. The molecule has 2 aliphatic carbocycles. The zero-order valence-electron chi connectivity index (χ0n) is 21.9. The van der Waals surface area contributed by atoms with Crippen LogP contribution in [0.4, 0.5) is 4.79 Å². The molecule has 0 bridgehead atoms. The second kappa shape index (κ2) is 10.8. The first-order chi connectivity index (χ1) is 17.1. The van der Waals surface area contributed by atoms with Crippen molar-refractivity contribution in [3.8, 4) is 0 Å². The minimum Gasteiger partial charge on any atom is -0.444 e. The number of carbonyl (C=O) groups excluding carboxylic acids is 4. The van der Waals surface area contributed by atoms with Gasteiger partial charge in [0.25, 0.3) is 0 Å². The lowest BCUT2D eigenvalue weighted by Gasteiger charge is -2.32. The number of hydrogen-bond acceptors (Lipinski definition) is 5. The number of hydrogen-bond donors (Lipinski definition) is 3. The maximum absolute atomic E-state index is 13.6. The van der Waals surface area contributed by atoms with E-state index in [0.29, 0.717) is 32.2 Å². The van der Waals surface area contributed by atoms with Gasteiger partial charge in [0.2, 0.25) is 17.7 Å². The SMILES string of the molecule is CC(C)(C)OC(=O)N[C@H]1CCCCC/C=C\[C@H]2C[C@@]2(C(=O)NC2CCC2)NC(=O)[C@@H]2CCCN2C1=O. The lowest BCUT2D eigenvalue weighted by molar-refractivity contribution is -0.141. The van der Waals surface area contributed by atoms with E-state index >= 15 is 0 Å². The van der Waals surface area contributed by atoms with Gasteiger partial charge in [0.1, 0.15) is 23.2 Å². The molecule has 0 spiro atoms. The number of nitrogens with zero attached hydrogens (tertiary/aromatic N) is 1. The number of fused-ring (bicyclic) bond motifs is 2. The standard InChI is InChI=1S/C27H42N4O5/c1-26(2,3)36-25(35)29-20-14-8-6-4-5-7-11-18-17-27(18,24(34)28-19-12-9-13-19)30-22(32)21-15-10-16-31(21)23(20)33/h7,11,18-21H,4-6,8-10,12-17H2,1-3H3,(H,28,34)(H,29,35)(H,30,32)/b11-7-/t18-,20-,21-,27+/m0/s1. The summed E-state index contributed by atoms with van der Waals surface area (Å²) in [5.41, 5.74) is -1.61. The number of ether oxygens (including phenoxy) is 1. The van der Waals surface area contributed by atoms with E-state index in [0.717, 1.165) is 44.9 Å². The number of nitrogens with one attached hydrogen (secondary N) is 3. The molecule has 200 valence electrons. The van der Waals surface area contributed by atoms with Gasteiger partial charge in [-0.3, -0.25) is 14.4 Å². The Labute approximate surface area is 214 Å². The summed E-state index contributed by atoms with van der Waals surface area (Å²) < 4.78 is 5.40. The van der Waals surface area contributed by atoms with Crippen LogP contribution in [0.3, 0.4) is 0 Å². The lowest BCUT2D eigenvalue weighted by atomic mass is 9.92. The highest BCUT2D eigenvalue weighted by molar-refractivity contribution is 5.98. The maximum Gasteiger partial charge on any atom is 0.408 e. The van der Waals surface area contributed by atoms with Crippen molar-refractivity contribution >= 4 is 23.8 Å². The lowest BCUT2D eigenvalue weighted by Crippen LogP contribution is -2.59. The average Bonchev–Trinajstić information content (AvgIpc) is 3.23. The Balaban J connectivity index is 1.51. The summed E-state index contributed by atoms with van der Waals surface area (Å²) in [4.78, 5) is 54.4. The van der Waals surface area contributed by atoms with Crippen molar-refractivity contribution in [2.75, 3.05) is 6.54 Å². The molecule has 0 radical (unpaired) electrons. The van der Waals surface area contributed by atoms with Gasteiger partial charge in [0.15, 0.2) is 0 Å². The summed E-state index contributed by atoms with van der Waals surface area (Å²) in [6.45, 7) is 5.79. The Kier molecular flexibility index (Phi) is 7.95. The normalized spacial score (nSPS) is 32.5. The molecule has 2 saturated carbocycles. The van der Waals surface area contributed by atoms with Crippen LogP contribution in [0.25, 0.3) is 0 Å². The van der Waals surface area contributed by atoms with Gasteiger partial charge in [0, 0.05) is 18.5 Å². The third kappa shape index (κ3) is 6.21. The van der Waals surface area contributed by atoms with Gasteiger partial charge < -0.3 is 25.6 Å². The third-order valence-corrected chi connectivity index (χ3v) is 7.77. The molecule has 0 aromatic heterocycles. The van der Waals surface area contributed by atoms with Crippen molar-refractivity contribution in [1.29, 1.82) is 0 Å². The molecule has 4 atom stereocenters. The maximum atomic E-state index is 13.6. The number of carbonyl (C=O) groups is 4. The van der Waals surface area contributed by atoms with Crippen LogP contribution >= 0.6 is 0 Å². The first kappa shape index (κ1) is 26.5. The fourth-order valence-electron chi connectivity index (χ4n) is 5.41. The number of amides is 4. The van der Waals surface area contributed by atoms with Crippen molar-refractivity contribution in [3.05, 3.63) is 12.2 Å². The largest absolute Gasteiger partial charge is 0.444 e. The van der Waals surface area contributed by atoms with Crippen molar-refractivity contribution in [3.63, 3.8) is 0 Å². The minimum atomic E-state index is -0.936. The molecule has 2 aliphatic heterocycles. The van der Waals surface area contributed by atoms with E-state index in [9.17, 15) is 19.2 Å². The van der Waals surface area contributed by atoms with E-state index in [1.165, 1.54) is 0 Å². The molecule has 36 heavy (non-hydrogen) atoms. The minimum absolute atomic E-state index is 0.0289. The number of alkyl carbamates (subject to hydrolysis) is 1. The number of rotatable bonds is 3. The van der Waals surface area contributed by atoms with Gasteiger partial charge >= 0.3 is 6.09 Å². The van der Waals surface area contributed by atoms with Crippen LogP contribution in [-0.4, -0.2) is 64.5 Å². The molecule has 0 unspecified atom stereocenters. The predicted molar refractivity (Wildman–Crippen MR) is 135 cm³/mol. The third-order valence-electron chi connectivity index (χ3n) is 7.77. The molecule has 9 heteroatoms. The molecule has 4 amide bonds. The Morgan fingerprint density at radius 2 is 1.81 bits per heavy atom. The summed E-state index contributed by atoms with van der Waals surface area (Å²) in [7, 11) is 0. The fourth-order valence-corrected chi connectivity index (χ4v) is 5.41. The smallest absolute Gasteiger partial charge is 0.408 e. The van der Waals surface area contributed by atoms with Crippen LogP contribution in [0.15, 0.2) is 12.2 Å². The van der Waals surface area contributed by atoms with Crippen molar-refractivity contribution in [1.82, 2.24) is 20.9 Å². The van der Waals surface area contributed by atoms with Crippen LogP contribution in [0, 0.1) is 5.92 Å². The quantitative estimate of drug-likeness (QED) is 0.513. The zero-order chi connectivity index (χ0) is 25.9. The van der Waals surface area contributed by atoms with Gasteiger partial charge in [-0.1, -0.05) is 25.0 Å². The van der Waals surface area contributed by atoms with Gasteiger partial charge in [-0.2, -0.15) is 0 Å². The molecule has 9 nitrogen and oxygen atoms in total. The van der Waals surface area contributed by atoms with E-state index in [1.54, 1.807) is 25.7 Å². The van der Waals surface area contributed by atoms with E-state index < -0.39 is 29.3 Å². The Morgan fingerprint density at radius 3 is 2.50 bits per heavy atom. The summed E-state index contributed by atoms with van der Waals surface area (Å²) in [6.07, 6.45) is 12.5. The van der Waals surface area contributed by atoms with Gasteiger partial charge in [-0.15, -0.1) is 0 Å². The van der Waals surface area contributed by atoms with Crippen LogP contribution in [-0.2, 0) is 19.1 Å². The van der Waals surface area contributed by atoms with Gasteiger partial charge in [-0.05, 0) is 78.6 Å². The molecule has 4 aliphatic rings. The predicted octanol–water partition coefficient (Wildman–Crippen LogP) is 2.93. The molecule has 3 N–H and O–H groups in total. The van der Waals surface area contributed by atoms with E-state index in [1.807, 2.05) is 0 Å². The van der Waals surface area contributed by atoms with Crippen LogP contribution in [0.1, 0.15) is 91.4 Å². The Hall–Kier alpha value is -2.58. The van der Waals surface area contributed by atoms with Crippen LogP contribution in [0.5, 0.6) is 0 Å². The summed E-state index contributed by atoms with van der Waals surface area (Å²) >= 11 is 0. The molecule has 4 rings (SSSR count). The highest BCUT2D eigenvalue weighted by Gasteiger charge is 2.61. The molecule has 1 saturated heterocycles. The highest BCUT2D eigenvalue weighted by atomic mass is 16.6. The average molecular weight is 503 g/mol.